The predicted molar refractivity (Wildman–Crippen MR) is 63.1 cm³/mol. The molecule has 4 heteroatoms. The summed E-state index contributed by atoms with van der Waals surface area (Å²) < 4.78 is 4.63. The number of carboxylic acids is 1. The molecule has 1 atom stereocenters. The number of carboxylic acid groups (broad SMARTS) is 1. The second-order valence-corrected chi connectivity index (χ2v) is 3.82. The van der Waals surface area contributed by atoms with E-state index in [0.717, 1.165) is 12.0 Å². The predicted octanol–water partition coefficient (Wildman–Crippen LogP) is 2.44. The maximum Gasteiger partial charge on any atom is 0.337 e. The van der Waals surface area contributed by atoms with Crippen molar-refractivity contribution >= 4 is 11.9 Å². The Morgan fingerprint density at radius 3 is 2.65 bits per heavy atom. The summed E-state index contributed by atoms with van der Waals surface area (Å²) in [4.78, 5) is 22.1. The van der Waals surface area contributed by atoms with Crippen molar-refractivity contribution in [2.24, 2.45) is 0 Å². The van der Waals surface area contributed by atoms with Crippen LogP contribution in [0.1, 0.15) is 41.6 Å². The van der Waals surface area contributed by atoms with E-state index in [2.05, 4.69) is 4.74 Å². The quantitative estimate of drug-likeness (QED) is 0.797. The van der Waals surface area contributed by atoms with Crippen molar-refractivity contribution in [1.29, 1.82) is 0 Å². The normalized spacial score (nSPS) is 11.9. The fourth-order valence-electron chi connectivity index (χ4n) is 1.75. The molecule has 0 aliphatic carbocycles. The Hall–Kier alpha value is -1.84. The summed E-state index contributed by atoms with van der Waals surface area (Å²) in [7, 11) is 1.32. The van der Waals surface area contributed by atoms with Gasteiger partial charge in [-0.1, -0.05) is 19.1 Å². The van der Waals surface area contributed by atoms with E-state index >= 15 is 0 Å². The zero-order chi connectivity index (χ0) is 12.8. The molecule has 0 spiro atoms. The van der Waals surface area contributed by atoms with Crippen LogP contribution < -0.4 is 0 Å². The third kappa shape index (κ3) is 3.59. The summed E-state index contributed by atoms with van der Waals surface area (Å²) in [5.41, 5.74) is 1.31. The number of methoxy groups -OCH3 is 1. The van der Waals surface area contributed by atoms with Crippen molar-refractivity contribution in [3.8, 4) is 0 Å². The Morgan fingerprint density at radius 2 is 2.12 bits per heavy atom. The largest absolute Gasteiger partial charge is 0.481 e. The van der Waals surface area contributed by atoms with Gasteiger partial charge >= 0.3 is 11.9 Å². The molecule has 0 bridgehead atoms. The molecule has 0 aromatic heterocycles. The Bertz CT molecular complexity index is 412. The van der Waals surface area contributed by atoms with E-state index in [1.807, 2.05) is 13.0 Å². The van der Waals surface area contributed by atoms with Crippen LogP contribution in [0.2, 0.25) is 0 Å². The molecule has 1 N–H and O–H groups in total. The van der Waals surface area contributed by atoms with Crippen molar-refractivity contribution in [3.05, 3.63) is 35.4 Å². The van der Waals surface area contributed by atoms with Gasteiger partial charge in [-0.15, -0.1) is 0 Å². The van der Waals surface area contributed by atoms with Gasteiger partial charge in [0.05, 0.1) is 19.1 Å². The number of aliphatic carboxylic acids is 1. The number of benzene rings is 1. The zero-order valence-electron chi connectivity index (χ0n) is 9.97. The van der Waals surface area contributed by atoms with Crippen LogP contribution in [-0.2, 0) is 9.53 Å². The monoisotopic (exact) mass is 236 g/mol. The van der Waals surface area contributed by atoms with Crippen LogP contribution in [0.5, 0.6) is 0 Å². The van der Waals surface area contributed by atoms with Gasteiger partial charge in [0, 0.05) is 0 Å². The fourth-order valence-corrected chi connectivity index (χ4v) is 1.75. The van der Waals surface area contributed by atoms with Crippen molar-refractivity contribution in [2.75, 3.05) is 7.11 Å². The zero-order valence-corrected chi connectivity index (χ0v) is 9.97. The lowest BCUT2D eigenvalue weighted by Crippen LogP contribution is -2.07. The SMILES string of the molecule is CCC(CC(=O)O)c1cccc(C(=O)OC)c1. The molecule has 1 aromatic carbocycles. The van der Waals surface area contributed by atoms with Crippen LogP contribution in [0.4, 0.5) is 0 Å². The second kappa shape index (κ2) is 6.03. The molecule has 0 aliphatic rings. The fraction of sp³-hybridized carbons (Fsp3) is 0.385. The minimum atomic E-state index is -0.833. The lowest BCUT2D eigenvalue weighted by molar-refractivity contribution is -0.137. The van der Waals surface area contributed by atoms with Crippen LogP contribution in [0, 0.1) is 0 Å². The summed E-state index contributed by atoms with van der Waals surface area (Å²) in [6.45, 7) is 1.93. The van der Waals surface area contributed by atoms with Crippen molar-refractivity contribution < 1.29 is 19.4 Å². The topological polar surface area (TPSA) is 63.6 Å². The first-order chi connectivity index (χ1) is 8.08. The number of hydrogen-bond donors (Lipinski definition) is 1. The molecule has 0 aliphatic heterocycles. The van der Waals surface area contributed by atoms with Gasteiger partial charge in [0.1, 0.15) is 0 Å². The third-order valence-electron chi connectivity index (χ3n) is 2.69. The Morgan fingerprint density at radius 1 is 1.41 bits per heavy atom. The molecule has 1 rings (SSSR count). The van der Waals surface area contributed by atoms with E-state index in [1.54, 1.807) is 18.2 Å². The highest BCUT2D eigenvalue weighted by Gasteiger charge is 2.15. The van der Waals surface area contributed by atoms with Gasteiger partial charge in [-0.05, 0) is 30.0 Å². The van der Waals surface area contributed by atoms with E-state index in [1.165, 1.54) is 7.11 Å². The van der Waals surface area contributed by atoms with Gasteiger partial charge in [0.25, 0.3) is 0 Å². The lowest BCUT2D eigenvalue weighted by Gasteiger charge is -2.13. The molecule has 92 valence electrons. The van der Waals surface area contributed by atoms with E-state index < -0.39 is 11.9 Å². The highest BCUT2D eigenvalue weighted by Crippen LogP contribution is 2.24. The van der Waals surface area contributed by atoms with Gasteiger partial charge in [0.2, 0.25) is 0 Å². The molecule has 0 amide bonds. The highest BCUT2D eigenvalue weighted by molar-refractivity contribution is 5.89. The number of hydrogen-bond acceptors (Lipinski definition) is 3. The Kier molecular flexibility index (Phi) is 4.69. The van der Waals surface area contributed by atoms with Crippen LogP contribution in [-0.4, -0.2) is 24.2 Å². The van der Waals surface area contributed by atoms with E-state index in [-0.39, 0.29) is 12.3 Å². The Labute approximate surface area is 100 Å². The maximum absolute atomic E-state index is 11.4. The van der Waals surface area contributed by atoms with Crippen LogP contribution in [0.25, 0.3) is 0 Å². The molecule has 0 fully saturated rings. The number of esters is 1. The number of rotatable bonds is 5. The van der Waals surface area contributed by atoms with Crippen LogP contribution in [0.15, 0.2) is 24.3 Å². The summed E-state index contributed by atoms with van der Waals surface area (Å²) in [5.74, 6) is -1.31. The number of carbonyl (C=O) groups is 2. The average molecular weight is 236 g/mol. The molecule has 0 radical (unpaired) electrons. The summed E-state index contributed by atoms with van der Waals surface area (Å²) in [5, 5.41) is 8.81. The molecule has 0 saturated carbocycles. The molecule has 1 unspecified atom stereocenters. The van der Waals surface area contributed by atoms with Gasteiger partial charge in [-0.25, -0.2) is 4.79 Å². The minimum Gasteiger partial charge on any atom is -0.481 e. The van der Waals surface area contributed by atoms with Gasteiger partial charge in [0.15, 0.2) is 0 Å². The third-order valence-corrected chi connectivity index (χ3v) is 2.69. The van der Waals surface area contributed by atoms with Gasteiger partial charge < -0.3 is 9.84 Å². The van der Waals surface area contributed by atoms with E-state index in [9.17, 15) is 9.59 Å². The first-order valence-electron chi connectivity index (χ1n) is 5.48. The summed E-state index contributed by atoms with van der Waals surface area (Å²) >= 11 is 0. The average Bonchev–Trinajstić information content (AvgIpc) is 2.34. The summed E-state index contributed by atoms with van der Waals surface area (Å²) in [6.07, 6.45) is 0.790. The van der Waals surface area contributed by atoms with Crippen molar-refractivity contribution in [2.45, 2.75) is 25.7 Å². The number of ether oxygens (including phenoxy) is 1. The Balaban J connectivity index is 2.96. The highest BCUT2D eigenvalue weighted by atomic mass is 16.5. The first kappa shape index (κ1) is 13.2. The standard InChI is InChI=1S/C13H16O4/c1-3-9(8-12(14)15)10-5-4-6-11(7-10)13(16)17-2/h4-7,9H,3,8H2,1-2H3,(H,14,15). The molecule has 1 aromatic rings. The van der Waals surface area contributed by atoms with Crippen LogP contribution in [0.3, 0.4) is 0 Å². The number of carbonyl (C=O) groups excluding carboxylic acids is 1. The first-order valence-corrected chi connectivity index (χ1v) is 5.48. The molecule has 0 heterocycles. The van der Waals surface area contributed by atoms with Crippen molar-refractivity contribution in [3.63, 3.8) is 0 Å². The van der Waals surface area contributed by atoms with Gasteiger partial charge in [-0.3, -0.25) is 4.79 Å². The lowest BCUT2D eigenvalue weighted by atomic mass is 9.92. The second-order valence-electron chi connectivity index (χ2n) is 3.82. The molecular formula is C13H16O4. The maximum atomic E-state index is 11.4. The van der Waals surface area contributed by atoms with E-state index in [4.69, 9.17) is 5.11 Å². The molecule has 4 nitrogen and oxygen atoms in total. The van der Waals surface area contributed by atoms with Crippen LogP contribution >= 0.6 is 0 Å². The molecule has 17 heavy (non-hydrogen) atoms. The minimum absolute atomic E-state index is 0.0706. The molecule has 0 saturated heterocycles. The summed E-state index contributed by atoms with van der Waals surface area (Å²) in [6, 6.07) is 6.93. The van der Waals surface area contributed by atoms with Gasteiger partial charge in [-0.2, -0.15) is 0 Å². The molecular weight excluding hydrogens is 220 g/mol. The smallest absolute Gasteiger partial charge is 0.337 e. The van der Waals surface area contributed by atoms with E-state index in [0.29, 0.717) is 5.56 Å². The van der Waals surface area contributed by atoms with Crippen molar-refractivity contribution in [1.82, 2.24) is 0 Å².